The van der Waals surface area contributed by atoms with Crippen molar-refractivity contribution in [2.45, 2.75) is 103 Å². The Labute approximate surface area is 121 Å². The molecular formula is C18H34O. The monoisotopic (exact) mass is 266 g/mol. The highest BCUT2D eigenvalue weighted by atomic mass is 16.6. The lowest BCUT2D eigenvalue weighted by Crippen LogP contribution is -1.95. The molecule has 1 aliphatic rings. The van der Waals surface area contributed by atoms with Gasteiger partial charge in [-0.1, -0.05) is 84.5 Å². The van der Waals surface area contributed by atoms with Crippen LogP contribution < -0.4 is 0 Å². The Hall–Kier alpha value is -0.0400. The van der Waals surface area contributed by atoms with E-state index in [1.54, 1.807) is 0 Å². The minimum absolute atomic E-state index is 0.573. The summed E-state index contributed by atoms with van der Waals surface area (Å²) >= 11 is 0. The zero-order valence-corrected chi connectivity index (χ0v) is 13.0. The molecule has 0 aliphatic carbocycles. The lowest BCUT2D eigenvalue weighted by atomic mass is 10.0. The molecule has 0 spiro atoms. The molecule has 1 heteroatoms. The predicted octanol–water partition coefficient (Wildman–Crippen LogP) is 5.88. The van der Waals surface area contributed by atoms with Crippen molar-refractivity contribution in [3.63, 3.8) is 0 Å². The van der Waals surface area contributed by atoms with Crippen LogP contribution in [-0.4, -0.2) is 12.2 Å². The zero-order chi connectivity index (χ0) is 13.8. The summed E-state index contributed by atoms with van der Waals surface area (Å²) in [5.41, 5.74) is 0. The maximum atomic E-state index is 5.73. The van der Waals surface area contributed by atoms with Gasteiger partial charge in [0.2, 0.25) is 0 Å². The number of epoxide rings is 1. The average Bonchev–Trinajstić information content (AvgIpc) is 3.16. The topological polar surface area (TPSA) is 12.5 Å². The van der Waals surface area contributed by atoms with E-state index in [-0.39, 0.29) is 0 Å². The van der Waals surface area contributed by atoms with Crippen LogP contribution in [0.15, 0.2) is 0 Å². The van der Waals surface area contributed by atoms with E-state index in [0.29, 0.717) is 12.2 Å². The van der Waals surface area contributed by atoms with Crippen LogP contribution in [0.5, 0.6) is 0 Å². The van der Waals surface area contributed by atoms with Gasteiger partial charge in [0.1, 0.15) is 0 Å². The number of ether oxygens (including phenoxy) is 1. The van der Waals surface area contributed by atoms with Crippen LogP contribution in [0.1, 0.15) is 90.4 Å². The molecule has 1 aliphatic heterocycles. The summed E-state index contributed by atoms with van der Waals surface area (Å²) < 4.78 is 5.73. The Morgan fingerprint density at radius 2 is 1.63 bits per heavy atom. The first-order valence-corrected chi connectivity index (χ1v) is 8.64. The maximum Gasteiger partial charge on any atom is 0.0844 e. The molecule has 2 unspecified atom stereocenters. The van der Waals surface area contributed by atoms with Crippen molar-refractivity contribution < 1.29 is 4.74 Å². The van der Waals surface area contributed by atoms with Crippen LogP contribution in [-0.2, 0) is 4.74 Å². The van der Waals surface area contributed by atoms with Gasteiger partial charge in [-0.2, -0.15) is 0 Å². The molecule has 112 valence electrons. The van der Waals surface area contributed by atoms with Gasteiger partial charge < -0.3 is 4.74 Å². The molecule has 2 radical (unpaired) electrons. The van der Waals surface area contributed by atoms with Crippen LogP contribution in [0.25, 0.3) is 0 Å². The fourth-order valence-corrected chi connectivity index (χ4v) is 2.69. The van der Waals surface area contributed by atoms with E-state index >= 15 is 0 Å². The van der Waals surface area contributed by atoms with Crippen molar-refractivity contribution in [1.29, 1.82) is 0 Å². The van der Waals surface area contributed by atoms with Crippen LogP contribution in [0.4, 0.5) is 0 Å². The largest absolute Gasteiger partial charge is 0.370 e. The molecule has 19 heavy (non-hydrogen) atoms. The Morgan fingerprint density at radius 3 is 2.42 bits per heavy atom. The summed E-state index contributed by atoms with van der Waals surface area (Å²) in [6.07, 6.45) is 20.8. The van der Waals surface area contributed by atoms with Gasteiger partial charge in [0.25, 0.3) is 0 Å². The molecule has 0 aromatic carbocycles. The Kier molecular flexibility index (Phi) is 10.5. The van der Waals surface area contributed by atoms with Crippen molar-refractivity contribution in [3.8, 4) is 0 Å². The molecule has 1 rings (SSSR count). The molecule has 0 bridgehead atoms. The van der Waals surface area contributed by atoms with E-state index in [1.807, 2.05) is 0 Å². The second kappa shape index (κ2) is 11.8. The highest BCUT2D eigenvalue weighted by Crippen LogP contribution is 2.31. The highest BCUT2D eigenvalue weighted by Gasteiger charge is 2.36. The van der Waals surface area contributed by atoms with Gasteiger partial charge in [0.15, 0.2) is 0 Å². The van der Waals surface area contributed by atoms with Gasteiger partial charge in [-0.25, -0.2) is 0 Å². The number of hydrogen-bond acceptors (Lipinski definition) is 1. The molecule has 1 fully saturated rings. The highest BCUT2D eigenvalue weighted by molar-refractivity contribution is 4.88. The third-order valence-electron chi connectivity index (χ3n) is 4.09. The van der Waals surface area contributed by atoms with Crippen molar-refractivity contribution in [2.24, 2.45) is 0 Å². The molecular weight excluding hydrogens is 232 g/mol. The second-order valence-corrected chi connectivity index (χ2v) is 6.00. The maximum absolute atomic E-state index is 5.73. The smallest absolute Gasteiger partial charge is 0.0844 e. The van der Waals surface area contributed by atoms with E-state index in [2.05, 4.69) is 20.3 Å². The molecule has 0 aromatic heterocycles. The molecule has 1 nitrogen and oxygen atoms in total. The lowest BCUT2D eigenvalue weighted by Gasteiger charge is -2.00. The summed E-state index contributed by atoms with van der Waals surface area (Å²) in [5, 5.41) is 0. The Morgan fingerprint density at radius 1 is 0.895 bits per heavy atom. The summed E-state index contributed by atoms with van der Waals surface area (Å²) in [7, 11) is 0. The summed E-state index contributed by atoms with van der Waals surface area (Å²) in [4.78, 5) is 0. The predicted molar refractivity (Wildman–Crippen MR) is 84.0 cm³/mol. The van der Waals surface area contributed by atoms with Crippen molar-refractivity contribution >= 4 is 0 Å². The molecule has 1 heterocycles. The van der Waals surface area contributed by atoms with Crippen molar-refractivity contribution in [2.75, 3.05) is 0 Å². The standard InChI is InChI=1S/C18H34O/c1-3-5-7-9-10-12-14-16-18-17(19-18)15-13-11-8-6-4-2/h14,17-18H,2-13,15-16H2,1H3. The Balaban J connectivity index is 1.76. The van der Waals surface area contributed by atoms with E-state index in [0.717, 1.165) is 6.42 Å². The quantitative estimate of drug-likeness (QED) is 0.282. The first kappa shape index (κ1) is 17.0. The summed E-state index contributed by atoms with van der Waals surface area (Å²) in [5.74, 6) is 0. The lowest BCUT2D eigenvalue weighted by molar-refractivity contribution is 0.355. The van der Waals surface area contributed by atoms with Gasteiger partial charge in [0, 0.05) is 0 Å². The van der Waals surface area contributed by atoms with Crippen molar-refractivity contribution in [1.82, 2.24) is 0 Å². The van der Waals surface area contributed by atoms with Crippen LogP contribution in [0.2, 0.25) is 0 Å². The van der Waals surface area contributed by atoms with E-state index in [1.165, 1.54) is 77.0 Å². The van der Waals surface area contributed by atoms with Gasteiger partial charge in [0.05, 0.1) is 12.2 Å². The fourth-order valence-electron chi connectivity index (χ4n) is 2.69. The SMILES string of the molecule is [CH2]CCCCCCC1OC1C[CH]CCCCCCC. The third kappa shape index (κ3) is 9.49. The van der Waals surface area contributed by atoms with Gasteiger partial charge in [-0.15, -0.1) is 0 Å². The van der Waals surface area contributed by atoms with Gasteiger partial charge in [-0.3, -0.25) is 0 Å². The minimum atomic E-state index is 0.573. The normalized spacial score (nSPS) is 21.8. The zero-order valence-electron chi connectivity index (χ0n) is 13.0. The van der Waals surface area contributed by atoms with Gasteiger partial charge >= 0.3 is 0 Å². The molecule has 0 saturated carbocycles. The molecule has 0 N–H and O–H groups in total. The van der Waals surface area contributed by atoms with Crippen molar-refractivity contribution in [3.05, 3.63) is 13.3 Å². The van der Waals surface area contributed by atoms with E-state index in [4.69, 9.17) is 4.74 Å². The summed E-state index contributed by atoms with van der Waals surface area (Å²) in [6.45, 7) is 6.15. The molecule has 0 amide bonds. The van der Waals surface area contributed by atoms with E-state index < -0.39 is 0 Å². The fraction of sp³-hybridized carbons (Fsp3) is 0.889. The van der Waals surface area contributed by atoms with E-state index in [9.17, 15) is 0 Å². The van der Waals surface area contributed by atoms with Crippen LogP contribution in [0.3, 0.4) is 0 Å². The molecule has 0 aromatic rings. The summed E-state index contributed by atoms with van der Waals surface area (Å²) in [6, 6.07) is 0. The minimum Gasteiger partial charge on any atom is -0.370 e. The van der Waals surface area contributed by atoms with Crippen LogP contribution >= 0.6 is 0 Å². The number of hydrogen-bond donors (Lipinski definition) is 0. The second-order valence-electron chi connectivity index (χ2n) is 6.00. The molecule has 1 saturated heterocycles. The Bertz CT molecular complexity index is 190. The van der Waals surface area contributed by atoms with Crippen LogP contribution in [0, 0.1) is 13.3 Å². The average molecular weight is 266 g/mol. The first-order chi connectivity index (χ1) is 9.38. The first-order valence-electron chi connectivity index (χ1n) is 8.64. The molecule has 2 atom stereocenters. The van der Waals surface area contributed by atoms with Gasteiger partial charge in [-0.05, 0) is 19.3 Å². The number of unbranched alkanes of at least 4 members (excludes halogenated alkanes) is 10. The number of rotatable bonds is 14. The third-order valence-corrected chi connectivity index (χ3v) is 4.09.